The number of morpholine rings is 1. The minimum absolute atomic E-state index is 0.135. The highest BCUT2D eigenvalue weighted by atomic mass is 32.2. The van der Waals surface area contributed by atoms with Crippen LogP contribution < -0.4 is 10.3 Å². The van der Waals surface area contributed by atoms with Crippen molar-refractivity contribution in [2.45, 2.75) is 5.16 Å². The Morgan fingerprint density at radius 1 is 1.29 bits per heavy atom. The highest BCUT2D eigenvalue weighted by Crippen LogP contribution is 2.21. The minimum atomic E-state index is -0.135. The van der Waals surface area contributed by atoms with E-state index >= 15 is 0 Å². The monoisotopic (exact) mass is 347 g/mol. The molecule has 1 fully saturated rings. The summed E-state index contributed by atoms with van der Waals surface area (Å²) in [5.74, 6) is 1.67. The Labute approximate surface area is 145 Å². The number of methoxy groups -OCH3 is 1. The second-order valence-electron chi connectivity index (χ2n) is 5.47. The Morgan fingerprint density at radius 2 is 2.04 bits per heavy atom. The highest BCUT2D eigenvalue weighted by Gasteiger charge is 2.10. The fourth-order valence-electron chi connectivity index (χ4n) is 2.51. The molecular weight excluding hydrogens is 326 g/mol. The normalized spacial score (nSPS) is 15.4. The first-order valence-electron chi connectivity index (χ1n) is 7.93. The fraction of sp³-hybridized carbons (Fsp3) is 0.412. The van der Waals surface area contributed by atoms with Gasteiger partial charge in [-0.25, -0.2) is 4.98 Å². The van der Waals surface area contributed by atoms with Crippen molar-refractivity contribution in [2.24, 2.45) is 0 Å². The lowest BCUT2D eigenvalue weighted by molar-refractivity contribution is 0.0410. The van der Waals surface area contributed by atoms with Gasteiger partial charge in [-0.15, -0.1) is 0 Å². The molecule has 128 valence electrons. The Kier molecular flexibility index (Phi) is 5.90. The molecule has 1 aromatic carbocycles. The molecule has 0 amide bonds. The summed E-state index contributed by atoms with van der Waals surface area (Å²) in [6.45, 7) is 4.50. The van der Waals surface area contributed by atoms with Crippen molar-refractivity contribution in [2.75, 3.05) is 45.7 Å². The van der Waals surface area contributed by atoms with E-state index in [1.807, 2.05) is 24.3 Å². The number of benzene rings is 1. The second-order valence-corrected chi connectivity index (χ2v) is 6.55. The van der Waals surface area contributed by atoms with Gasteiger partial charge in [0.2, 0.25) is 0 Å². The van der Waals surface area contributed by atoms with Gasteiger partial charge in [-0.05, 0) is 24.3 Å². The first-order chi connectivity index (χ1) is 11.7. The van der Waals surface area contributed by atoms with Crippen LogP contribution in [0.1, 0.15) is 0 Å². The highest BCUT2D eigenvalue weighted by molar-refractivity contribution is 7.99. The van der Waals surface area contributed by atoms with E-state index in [1.165, 1.54) is 6.07 Å². The molecule has 6 nitrogen and oxygen atoms in total. The van der Waals surface area contributed by atoms with E-state index in [-0.39, 0.29) is 5.56 Å². The number of nitrogens with zero attached hydrogens (tertiary/aromatic N) is 2. The number of hydrogen-bond acceptors (Lipinski definition) is 6. The van der Waals surface area contributed by atoms with Gasteiger partial charge in [0.1, 0.15) is 5.75 Å². The molecule has 0 spiro atoms. The maximum absolute atomic E-state index is 11.9. The van der Waals surface area contributed by atoms with Gasteiger partial charge in [-0.2, -0.15) is 0 Å². The number of aromatic amines is 1. The van der Waals surface area contributed by atoms with E-state index in [9.17, 15) is 4.79 Å². The summed E-state index contributed by atoms with van der Waals surface area (Å²) in [6.07, 6.45) is 0. The third kappa shape index (κ3) is 4.59. The third-order valence-corrected chi connectivity index (χ3v) is 4.71. The lowest BCUT2D eigenvalue weighted by Crippen LogP contribution is -2.37. The van der Waals surface area contributed by atoms with E-state index in [2.05, 4.69) is 14.9 Å². The quantitative estimate of drug-likeness (QED) is 0.636. The number of thioether (sulfide) groups is 1. The third-order valence-electron chi connectivity index (χ3n) is 3.86. The fourth-order valence-corrected chi connectivity index (χ4v) is 3.39. The maximum Gasteiger partial charge on any atom is 0.252 e. The molecule has 2 heterocycles. The van der Waals surface area contributed by atoms with E-state index in [0.717, 1.165) is 49.9 Å². The molecule has 0 aliphatic carbocycles. The van der Waals surface area contributed by atoms with Gasteiger partial charge in [-0.3, -0.25) is 9.69 Å². The lowest BCUT2D eigenvalue weighted by Gasteiger charge is -2.26. The van der Waals surface area contributed by atoms with Gasteiger partial charge < -0.3 is 14.5 Å². The topological polar surface area (TPSA) is 67.5 Å². The van der Waals surface area contributed by atoms with Crippen molar-refractivity contribution in [3.05, 3.63) is 40.7 Å². The maximum atomic E-state index is 11.9. The molecule has 0 atom stereocenters. The Balaban J connectivity index is 1.65. The largest absolute Gasteiger partial charge is 0.497 e. The van der Waals surface area contributed by atoms with Crippen LogP contribution in [0.2, 0.25) is 0 Å². The van der Waals surface area contributed by atoms with Gasteiger partial charge in [-0.1, -0.05) is 11.8 Å². The summed E-state index contributed by atoms with van der Waals surface area (Å²) < 4.78 is 10.5. The number of nitrogens with one attached hydrogen (secondary N) is 1. The summed E-state index contributed by atoms with van der Waals surface area (Å²) in [5.41, 5.74) is 1.44. The van der Waals surface area contributed by atoms with Crippen molar-refractivity contribution in [3.8, 4) is 17.0 Å². The van der Waals surface area contributed by atoms with Crippen LogP contribution >= 0.6 is 11.8 Å². The standard InChI is InChI=1S/C17H21N3O3S/c1-22-14-4-2-13(3-5-14)15-12-16(21)19-17(18-15)24-11-8-20-6-9-23-10-7-20/h2-5,12H,6-11H2,1H3,(H,18,19,21). The number of rotatable bonds is 6. The van der Waals surface area contributed by atoms with Crippen LogP contribution in [-0.2, 0) is 4.74 Å². The van der Waals surface area contributed by atoms with Gasteiger partial charge in [0.25, 0.3) is 5.56 Å². The molecule has 24 heavy (non-hydrogen) atoms. The molecule has 3 rings (SSSR count). The average molecular weight is 347 g/mol. The van der Waals surface area contributed by atoms with Gasteiger partial charge >= 0.3 is 0 Å². The first-order valence-corrected chi connectivity index (χ1v) is 8.92. The van der Waals surface area contributed by atoms with Crippen LogP contribution in [0, 0.1) is 0 Å². The molecule has 0 unspecified atom stereocenters. The smallest absolute Gasteiger partial charge is 0.252 e. The molecular formula is C17H21N3O3S. The summed E-state index contributed by atoms with van der Waals surface area (Å²) >= 11 is 1.57. The van der Waals surface area contributed by atoms with Crippen LogP contribution in [0.15, 0.2) is 40.3 Å². The molecule has 2 aromatic rings. The van der Waals surface area contributed by atoms with Crippen molar-refractivity contribution >= 4 is 11.8 Å². The zero-order chi connectivity index (χ0) is 16.8. The molecule has 1 aromatic heterocycles. The zero-order valence-corrected chi connectivity index (χ0v) is 14.5. The minimum Gasteiger partial charge on any atom is -0.497 e. The summed E-state index contributed by atoms with van der Waals surface area (Å²) in [5, 5.41) is 0.654. The van der Waals surface area contributed by atoms with E-state index in [1.54, 1.807) is 18.9 Å². The summed E-state index contributed by atoms with van der Waals surface area (Å²) in [7, 11) is 1.63. The summed E-state index contributed by atoms with van der Waals surface area (Å²) in [6, 6.07) is 9.06. The SMILES string of the molecule is COc1ccc(-c2cc(=O)[nH]c(SCCN3CCOCC3)n2)cc1. The van der Waals surface area contributed by atoms with Crippen LogP contribution in [0.25, 0.3) is 11.3 Å². The number of ether oxygens (including phenoxy) is 2. The van der Waals surface area contributed by atoms with Gasteiger partial charge in [0.05, 0.1) is 26.0 Å². The number of aromatic nitrogens is 2. The molecule has 1 aliphatic heterocycles. The number of H-pyrrole nitrogens is 1. The van der Waals surface area contributed by atoms with Crippen LogP contribution in [-0.4, -0.2) is 60.6 Å². The van der Waals surface area contributed by atoms with Crippen LogP contribution in [0.5, 0.6) is 5.75 Å². The van der Waals surface area contributed by atoms with Gasteiger partial charge in [0.15, 0.2) is 5.16 Å². The molecule has 1 aliphatic rings. The Hall–Kier alpha value is -1.83. The zero-order valence-electron chi connectivity index (χ0n) is 13.7. The molecule has 1 N–H and O–H groups in total. The Morgan fingerprint density at radius 3 is 2.75 bits per heavy atom. The lowest BCUT2D eigenvalue weighted by atomic mass is 10.1. The van der Waals surface area contributed by atoms with Crippen LogP contribution in [0.3, 0.4) is 0 Å². The predicted octanol–water partition coefficient (Wildman–Crippen LogP) is 1.87. The predicted molar refractivity (Wildman–Crippen MR) is 94.8 cm³/mol. The van der Waals surface area contributed by atoms with Crippen molar-refractivity contribution in [1.29, 1.82) is 0 Å². The van der Waals surface area contributed by atoms with E-state index < -0.39 is 0 Å². The Bertz CT molecular complexity index is 712. The molecule has 7 heteroatoms. The number of hydrogen-bond donors (Lipinski definition) is 1. The van der Waals surface area contributed by atoms with Crippen LogP contribution in [0.4, 0.5) is 0 Å². The molecule has 0 bridgehead atoms. The molecule has 0 saturated carbocycles. The van der Waals surface area contributed by atoms with Gasteiger partial charge in [0, 0.05) is 37.0 Å². The molecule has 1 saturated heterocycles. The van der Waals surface area contributed by atoms with Crippen molar-refractivity contribution in [1.82, 2.24) is 14.9 Å². The first kappa shape index (κ1) is 17.0. The van der Waals surface area contributed by atoms with E-state index in [4.69, 9.17) is 9.47 Å². The van der Waals surface area contributed by atoms with Crippen molar-refractivity contribution in [3.63, 3.8) is 0 Å². The van der Waals surface area contributed by atoms with E-state index in [0.29, 0.717) is 10.9 Å². The summed E-state index contributed by atoms with van der Waals surface area (Å²) in [4.78, 5) is 21.6. The average Bonchev–Trinajstić information content (AvgIpc) is 2.62. The second kappa shape index (κ2) is 8.32. The van der Waals surface area contributed by atoms with Crippen molar-refractivity contribution < 1.29 is 9.47 Å². The molecule has 0 radical (unpaired) electrons.